The summed E-state index contributed by atoms with van der Waals surface area (Å²) in [6.07, 6.45) is 0.371. The topological polar surface area (TPSA) is 60.0 Å². The van der Waals surface area contributed by atoms with Crippen molar-refractivity contribution in [3.8, 4) is 11.5 Å². The van der Waals surface area contributed by atoms with Gasteiger partial charge in [0.05, 0.1) is 25.9 Å². The summed E-state index contributed by atoms with van der Waals surface area (Å²) in [4.78, 5) is 0. The highest BCUT2D eigenvalue weighted by Gasteiger charge is 2.11. The van der Waals surface area contributed by atoms with Crippen molar-refractivity contribution in [1.82, 2.24) is 0 Å². The number of ether oxygens (including phenoxy) is 3. The summed E-state index contributed by atoms with van der Waals surface area (Å²) < 4.78 is 16.0. The molecule has 0 saturated heterocycles. The second-order valence-corrected chi connectivity index (χ2v) is 4.20. The van der Waals surface area contributed by atoms with Crippen LogP contribution in [-0.4, -0.2) is 44.7 Å². The Kier molecular flexibility index (Phi) is 4.66. The Labute approximate surface area is 107 Å². The zero-order valence-electron chi connectivity index (χ0n) is 10.5. The molecule has 1 aliphatic heterocycles. The predicted octanol–water partition coefficient (Wildman–Crippen LogP) is 1.27. The monoisotopic (exact) mass is 253 g/mol. The highest BCUT2D eigenvalue weighted by atomic mass is 16.5. The van der Waals surface area contributed by atoms with Gasteiger partial charge in [0.25, 0.3) is 0 Å². The fourth-order valence-corrected chi connectivity index (χ4v) is 1.76. The van der Waals surface area contributed by atoms with Crippen LogP contribution in [0.4, 0.5) is 5.69 Å². The molecule has 5 heteroatoms. The van der Waals surface area contributed by atoms with Crippen LogP contribution in [0, 0.1) is 0 Å². The first-order chi connectivity index (χ1) is 8.79. The van der Waals surface area contributed by atoms with E-state index in [1.54, 1.807) is 7.11 Å². The van der Waals surface area contributed by atoms with Gasteiger partial charge in [0.2, 0.25) is 0 Å². The van der Waals surface area contributed by atoms with Crippen LogP contribution < -0.4 is 14.8 Å². The van der Waals surface area contributed by atoms with Crippen molar-refractivity contribution < 1.29 is 19.3 Å². The van der Waals surface area contributed by atoms with Gasteiger partial charge in [-0.25, -0.2) is 0 Å². The molecule has 1 aromatic rings. The molecule has 2 rings (SSSR count). The van der Waals surface area contributed by atoms with Crippen molar-refractivity contribution in [3.63, 3.8) is 0 Å². The summed E-state index contributed by atoms with van der Waals surface area (Å²) in [5.74, 6) is 1.52. The van der Waals surface area contributed by atoms with E-state index >= 15 is 0 Å². The second kappa shape index (κ2) is 6.47. The summed E-state index contributed by atoms with van der Waals surface area (Å²) in [7, 11) is 1.57. The Hall–Kier alpha value is -1.46. The van der Waals surface area contributed by atoms with Crippen LogP contribution in [0.3, 0.4) is 0 Å². The van der Waals surface area contributed by atoms with E-state index in [0.717, 1.165) is 23.6 Å². The average molecular weight is 253 g/mol. The van der Waals surface area contributed by atoms with E-state index in [1.807, 2.05) is 18.2 Å². The minimum absolute atomic E-state index is 0.317. The molecule has 1 aromatic carbocycles. The van der Waals surface area contributed by atoms with E-state index < -0.39 is 6.10 Å². The molecule has 1 atom stereocenters. The third-order valence-electron chi connectivity index (χ3n) is 2.65. The van der Waals surface area contributed by atoms with Crippen LogP contribution in [0.25, 0.3) is 0 Å². The molecule has 0 spiro atoms. The molecule has 1 aliphatic rings. The van der Waals surface area contributed by atoms with Crippen LogP contribution in [0.2, 0.25) is 0 Å². The van der Waals surface area contributed by atoms with Crippen LogP contribution in [-0.2, 0) is 4.74 Å². The Morgan fingerprint density at radius 3 is 2.89 bits per heavy atom. The molecule has 100 valence electrons. The minimum atomic E-state index is -0.522. The summed E-state index contributed by atoms with van der Waals surface area (Å²) in [5.41, 5.74) is 0.898. The predicted molar refractivity (Wildman–Crippen MR) is 68.4 cm³/mol. The van der Waals surface area contributed by atoms with Crippen LogP contribution in [0.1, 0.15) is 6.42 Å². The zero-order valence-corrected chi connectivity index (χ0v) is 10.5. The Morgan fingerprint density at radius 1 is 1.33 bits per heavy atom. The van der Waals surface area contributed by atoms with Crippen LogP contribution in [0.15, 0.2) is 18.2 Å². The summed E-state index contributed by atoms with van der Waals surface area (Å²) >= 11 is 0. The van der Waals surface area contributed by atoms with Crippen molar-refractivity contribution in [2.24, 2.45) is 0 Å². The number of aliphatic hydroxyl groups excluding tert-OH is 1. The number of hydrogen-bond acceptors (Lipinski definition) is 5. The van der Waals surface area contributed by atoms with Crippen molar-refractivity contribution in [2.75, 3.05) is 38.8 Å². The summed E-state index contributed by atoms with van der Waals surface area (Å²) in [6, 6.07) is 5.68. The van der Waals surface area contributed by atoms with Gasteiger partial charge in [0.15, 0.2) is 11.5 Å². The van der Waals surface area contributed by atoms with E-state index in [-0.39, 0.29) is 0 Å². The lowest BCUT2D eigenvalue weighted by Crippen LogP contribution is -2.24. The summed E-state index contributed by atoms with van der Waals surface area (Å²) in [5, 5.41) is 12.7. The standard InChI is InChI=1S/C13H19NO4/c1-16-9-11(15)8-14-10-3-4-12-13(7-10)18-6-2-5-17-12/h3-4,7,11,14-15H,2,5-6,8-9H2,1H3. The van der Waals surface area contributed by atoms with E-state index in [2.05, 4.69) is 5.32 Å². The van der Waals surface area contributed by atoms with E-state index in [1.165, 1.54) is 0 Å². The first-order valence-electron chi connectivity index (χ1n) is 6.10. The molecule has 2 N–H and O–H groups in total. The maximum Gasteiger partial charge on any atom is 0.163 e. The van der Waals surface area contributed by atoms with Gasteiger partial charge in [-0.05, 0) is 12.1 Å². The lowest BCUT2D eigenvalue weighted by Gasteiger charge is -2.13. The first kappa shape index (κ1) is 13.0. The van der Waals surface area contributed by atoms with Crippen LogP contribution in [0.5, 0.6) is 11.5 Å². The van der Waals surface area contributed by atoms with Gasteiger partial charge >= 0.3 is 0 Å². The van der Waals surface area contributed by atoms with Gasteiger partial charge < -0.3 is 24.6 Å². The molecule has 18 heavy (non-hydrogen) atoms. The highest BCUT2D eigenvalue weighted by Crippen LogP contribution is 2.32. The molecule has 0 amide bonds. The normalized spacial score (nSPS) is 15.9. The Balaban J connectivity index is 1.95. The number of anilines is 1. The number of fused-ring (bicyclic) bond motifs is 1. The molecule has 1 unspecified atom stereocenters. The largest absolute Gasteiger partial charge is 0.490 e. The molecule has 0 saturated carbocycles. The van der Waals surface area contributed by atoms with Crippen molar-refractivity contribution in [1.29, 1.82) is 0 Å². The second-order valence-electron chi connectivity index (χ2n) is 4.20. The number of methoxy groups -OCH3 is 1. The molecule has 5 nitrogen and oxygen atoms in total. The van der Waals surface area contributed by atoms with Gasteiger partial charge in [-0.15, -0.1) is 0 Å². The fourth-order valence-electron chi connectivity index (χ4n) is 1.76. The lowest BCUT2D eigenvalue weighted by atomic mass is 10.2. The number of rotatable bonds is 5. The quantitative estimate of drug-likeness (QED) is 0.827. The minimum Gasteiger partial charge on any atom is -0.490 e. The van der Waals surface area contributed by atoms with E-state index in [0.29, 0.717) is 26.4 Å². The van der Waals surface area contributed by atoms with E-state index in [9.17, 15) is 5.11 Å². The molecule has 0 radical (unpaired) electrons. The average Bonchev–Trinajstić information content (AvgIpc) is 2.61. The van der Waals surface area contributed by atoms with Gasteiger partial charge in [0.1, 0.15) is 0 Å². The highest BCUT2D eigenvalue weighted by molar-refractivity contribution is 5.55. The van der Waals surface area contributed by atoms with Gasteiger partial charge in [-0.1, -0.05) is 0 Å². The third-order valence-corrected chi connectivity index (χ3v) is 2.65. The smallest absolute Gasteiger partial charge is 0.163 e. The zero-order chi connectivity index (χ0) is 12.8. The van der Waals surface area contributed by atoms with Crippen molar-refractivity contribution >= 4 is 5.69 Å². The van der Waals surface area contributed by atoms with Crippen molar-refractivity contribution in [3.05, 3.63) is 18.2 Å². The SMILES string of the molecule is COCC(O)CNc1ccc2c(c1)OCCCO2. The van der Waals surface area contributed by atoms with E-state index in [4.69, 9.17) is 14.2 Å². The van der Waals surface area contributed by atoms with Gasteiger partial charge in [-0.2, -0.15) is 0 Å². The fraction of sp³-hybridized carbons (Fsp3) is 0.538. The number of aliphatic hydroxyl groups is 1. The Bertz CT molecular complexity index is 383. The first-order valence-corrected chi connectivity index (χ1v) is 6.10. The van der Waals surface area contributed by atoms with Gasteiger partial charge in [0, 0.05) is 31.8 Å². The third kappa shape index (κ3) is 3.51. The molecular weight excluding hydrogens is 234 g/mol. The maximum atomic E-state index is 9.55. The molecule has 0 fully saturated rings. The van der Waals surface area contributed by atoms with Crippen LogP contribution >= 0.6 is 0 Å². The molecule has 0 aliphatic carbocycles. The molecule has 0 aromatic heterocycles. The summed E-state index contributed by atoms with van der Waals surface area (Å²) in [6.45, 7) is 2.11. The van der Waals surface area contributed by atoms with Crippen molar-refractivity contribution in [2.45, 2.75) is 12.5 Å². The molecule has 1 heterocycles. The Morgan fingerprint density at radius 2 is 2.11 bits per heavy atom. The molecule has 0 bridgehead atoms. The molecular formula is C13H19NO4. The maximum absolute atomic E-state index is 9.55. The number of benzene rings is 1. The van der Waals surface area contributed by atoms with Gasteiger partial charge in [-0.3, -0.25) is 0 Å². The number of nitrogens with one attached hydrogen (secondary N) is 1. The lowest BCUT2D eigenvalue weighted by molar-refractivity contribution is 0.0727. The number of hydrogen-bond donors (Lipinski definition) is 2.